The van der Waals surface area contributed by atoms with E-state index < -0.39 is 5.41 Å². The Kier molecular flexibility index (Phi) is 3.02. The Morgan fingerprint density at radius 3 is 2.89 bits per heavy atom. The third kappa shape index (κ3) is 2.12. The van der Waals surface area contributed by atoms with Crippen LogP contribution in [-0.4, -0.2) is 37.8 Å². The molecule has 0 aromatic carbocycles. The van der Waals surface area contributed by atoms with Gasteiger partial charge in [0, 0.05) is 25.8 Å². The molecule has 6 heteroatoms. The molecule has 1 spiro atoms. The number of carbonyl (C=O) groups excluding carboxylic acids is 1. The highest BCUT2D eigenvalue weighted by Gasteiger charge is 2.42. The third-order valence-corrected chi connectivity index (χ3v) is 3.85. The van der Waals surface area contributed by atoms with E-state index in [2.05, 4.69) is 15.6 Å². The highest BCUT2D eigenvalue weighted by atomic mass is 16.5. The summed E-state index contributed by atoms with van der Waals surface area (Å²) in [7, 11) is 1.57. The molecule has 0 radical (unpaired) electrons. The predicted molar refractivity (Wildman–Crippen MR) is 70.4 cm³/mol. The van der Waals surface area contributed by atoms with Gasteiger partial charge in [0.1, 0.15) is 0 Å². The zero-order valence-corrected chi connectivity index (χ0v) is 10.9. The maximum atomic E-state index is 12.4. The smallest absolute Gasteiger partial charge is 0.232 e. The number of aromatic nitrogens is 1. The van der Waals surface area contributed by atoms with E-state index in [0.29, 0.717) is 37.1 Å². The summed E-state index contributed by atoms with van der Waals surface area (Å²) in [5.74, 6) is 1.24. The van der Waals surface area contributed by atoms with Crippen molar-refractivity contribution < 1.29 is 14.3 Å². The number of rotatable bonds is 1. The van der Waals surface area contributed by atoms with Crippen molar-refractivity contribution in [3.8, 4) is 5.88 Å². The van der Waals surface area contributed by atoms with Gasteiger partial charge < -0.3 is 20.1 Å². The molecule has 1 amide bonds. The summed E-state index contributed by atoms with van der Waals surface area (Å²) in [5.41, 5.74) is 0.306. The fourth-order valence-electron chi connectivity index (χ4n) is 2.54. The van der Waals surface area contributed by atoms with E-state index in [1.807, 2.05) is 6.07 Å². The lowest BCUT2D eigenvalue weighted by Crippen LogP contribution is -2.44. The van der Waals surface area contributed by atoms with Gasteiger partial charge in [0.05, 0.1) is 18.2 Å². The molecular weight excluding hydrogens is 246 g/mol. The number of methoxy groups -OCH3 is 1. The summed E-state index contributed by atoms with van der Waals surface area (Å²) in [6.45, 7) is 1.83. The number of hydrogen-bond donors (Lipinski definition) is 2. The quantitative estimate of drug-likeness (QED) is 0.798. The molecule has 3 heterocycles. The Morgan fingerprint density at radius 1 is 1.37 bits per heavy atom. The fourth-order valence-corrected chi connectivity index (χ4v) is 2.54. The summed E-state index contributed by atoms with van der Waals surface area (Å²) in [6, 6.07) is 3.55. The molecule has 0 saturated carbocycles. The summed E-state index contributed by atoms with van der Waals surface area (Å²) >= 11 is 0. The van der Waals surface area contributed by atoms with Gasteiger partial charge in [-0.3, -0.25) is 4.79 Å². The lowest BCUT2D eigenvalue weighted by atomic mass is 9.79. The maximum Gasteiger partial charge on any atom is 0.232 e. The molecule has 1 saturated heterocycles. The highest BCUT2D eigenvalue weighted by Crippen LogP contribution is 2.36. The summed E-state index contributed by atoms with van der Waals surface area (Å²) in [6.07, 6.45) is 1.47. The molecule has 6 nitrogen and oxygen atoms in total. The van der Waals surface area contributed by atoms with Crippen LogP contribution in [-0.2, 0) is 9.53 Å². The molecule has 2 N–H and O–H groups in total. The highest BCUT2D eigenvalue weighted by molar-refractivity contribution is 5.99. The van der Waals surface area contributed by atoms with Crippen LogP contribution < -0.4 is 15.4 Å². The van der Waals surface area contributed by atoms with Gasteiger partial charge in [-0.15, -0.1) is 0 Å². The minimum Gasteiger partial charge on any atom is -0.481 e. The molecule has 19 heavy (non-hydrogen) atoms. The first kappa shape index (κ1) is 12.2. The Balaban J connectivity index is 1.90. The number of anilines is 2. The number of carbonyl (C=O) groups is 1. The second-order valence-electron chi connectivity index (χ2n) is 4.95. The van der Waals surface area contributed by atoms with Crippen LogP contribution in [0.1, 0.15) is 12.8 Å². The van der Waals surface area contributed by atoms with E-state index in [0.717, 1.165) is 12.8 Å². The van der Waals surface area contributed by atoms with Crippen LogP contribution in [0.15, 0.2) is 12.1 Å². The standard InChI is InChI=1S/C13H17N3O3/c1-18-10-3-2-9-11(16-10)14-8-13(12(17)15-9)4-6-19-7-5-13/h2-3H,4-8H2,1H3,(H,14,16)(H,15,17). The maximum absolute atomic E-state index is 12.4. The van der Waals surface area contributed by atoms with Crippen LogP contribution in [0.4, 0.5) is 11.5 Å². The molecule has 2 aliphatic rings. The van der Waals surface area contributed by atoms with Crippen LogP contribution in [0.3, 0.4) is 0 Å². The van der Waals surface area contributed by atoms with E-state index in [9.17, 15) is 4.79 Å². The van der Waals surface area contributed by atoms with E-state index in [1.54, 1.807) is 13.2 Å². The van der Waals surface area contributed by atoms with Gasteiger partial charge in [-0.1, -0.05) is 0 Å². The van der Waals surface area contributed by atoms with Gasteiger partial charge in [0.15, 0.2) is 5.82 Å². The topological polar surface area (TPSA) is 72.5 Å². The molecular formula is C13H17N3O3. The number of nitrogens with zero attached hydrogens (tertiary/aromatic N) is 1. The second kappa shape index (κ2) is 4.70. The summed E-state index contributed by atoms with van der Waals surface area (Å²) in [4.78, 5) is 16.8. The predicted octanol–water partition coefficient (Wildman–Crippen LogP) is 1.25. The zero-order chi connectivity index (χ0) is 13.3. The largest absolute Gasteiger partial charge is 0.481 e. The van der Waals surface area contributed by atoms with Crippen molar-refractivity contribution >= 4 is 17.4 Å². The first-order chi connectivity index (χ1) is 9.23. The van der Waals surface area contributed by atoms with E-state index in [1.165, 1.54) is 0 Å². The van der Waals surface area contributed by atoms with Crippen LogP contribution in [0.25, 0.3) is 0 Å². The minimum atomic E-state index is -0.397. The second-order valence-corrected chi connectivity index (χ2v) is 4.95. The lowest BCUT2D eigenvalue weighted by Gasteiger charge is -2.34. The average Bonchev–Trinajstić information content (AvgIpc) is 2.58. The third-order valence-electron chi connectivity index (χ3n) is 3.85. The first-order valence-corrected chi connectivity index (χ1v) is 6.42. The van der Waals surface area contributed by atoms with Gasteiger partial charge >= 0.3 is 0 Å². The van der Waals surface area contributed by atoms with Crippen molar-refractivity contribution in [2.45, 2.75) is 12.8 Å². The van der Waals surface area contributed by atoms with Crippen LogP contribution >= 0.6 is 0 Å². The monoisotopic (exact) mass is 263 g/mol. The van der Waals surface area contributed by atoms with Gasteiger partial charge in [-0.25, -0.2) is 0 Å². The molecule has 2 aliphatic heterocycles. The van der Waals surface area contributed by atoms with Crippen molar-refractivity contribution in [1.29, 1.82) is 0 Å². The van der Waals surface area contributed by atoms with Crippen LogP contribution in [0, 0.1) is 5.41 Å². The molecule has 1 aromatic heterocycles. The summed E-state index contributed by atoms with van der Waals surface area (Å²) < 4.78 is 10.5. The van der Waals surface area contributed by atoms with Crippen molar-refractivity contribution in [2.24, 2.45) is 5.41 Å². The number of hydrogen-bond acceptors (Lipinski definition) is 5. The Bertz CT molecular complexity index is 498. The molecule has 1 aromatic rings. The Labute approximate surface area is 111 Å². The average molecular weight is 263 g/mol. The Morgan fingerprint density at radius 2 is 2.16 bits per heavy atom. The first-order valence-electron chi connectivity index (χ1n) is 6.42. The van der Waals surface area contributed by atoms with Crippen molar-refractivity contribution in [3.05, 3.63) is 12.1 Å². The number of pyridine rings is 1. The van der Waals surface area contributed by atoms with E-state index in [4.69, 9.17) is 9.47 Å². The number of ether oxygens (including phenoxy) is 2. The number of nitrogens with one attached hydrogen (secondary N) is 2. The summed E-state index contributed by atoms with van der Waals surface area (Å²) in [5, 5.41) is 6.22. The van der Waals surface area contributed by atoms with Crippen LogP contribution in [0.5, 0.6) is 5.88 Å². The van der Waals surface area contributed by atoms with E-state index in [-0.39, 0.29) is 5.91 Å². The SMILES string of the molecule is COc1ccc2c(n1)NCC1(CCOCC1)C(=O)N2. The number of amides is 1. The van der Waals surface area contributed by atoms with Crippen molar-refractivity contribution in [1.82, 2.24) is 4.98 Å². The molecule has 1 fully saturated rings. The number of fused-ring (bicyclic) bond motifs is 1. The van der Waals surface area contributed by atoms with E-state index >= 15 is 0 Å². The molecule has 102 valence electrons. The fraction of sp³-hybridized carbons (Fsp3) is 0.538. The van der Waals surface area contributed by atoms with Crippen LogP contribution in [0.2, 0.25) is 0 Å². The van der Waals surface area contributed by atoms with Gasteiger partial charge in [-0.05, 0) is 18.9 Å². The molecule has 0 aliphatic carbocycles. The lowest BCUT2D eigenvalue weighted by molar-refractivity contribution is -0.129. The molecule has 0 atom stereocenters. The minimum absolute atomic E-state index is 0.0500. The molecule has 0 unspecified atom stereocenters. The molecule has 3 rings (SSSR count). The van der Waals surface area contributed by atoms with Crippen molar-refractivity contribution in [2.75, 3.05) is 37.5 Å². The van der Waals surface area contributed by atoms with Gasteiger partial charge in [0.2, 0.25) is 11.8 Å². The van der Waals surface area contributed by atoms with Gasteiger partial charge in [-0.2, -0.15) is 4.98 Å². The van der Waals surface area contributed by atoms with Crippen molar-refractivity contribution in [3.63, 3.8) is 0 Å². The zero-order valence-electron chi connectivity index (χ0n) is 10.9. The van der Waals surface area contributed by atoms with Gasteiger partial charge in [0.25, 0.3) is 0 Å². The Hall–Kier alpha value is -1.82. The normalized spacial score (nSPS) is 21.0. The molecule has 0 bridgehead atoms.